The third-order valence-electron chi connectivity index (χ3n) is 1.25. The smallest absolute Gasteiger partial charge is 0.147 e. The molecular weight excluding hydrogens is 114 g/mol. The van der Waals surface area contributed by atoms with Crippen LogP contribution in [-0.4, -0.2) is 6.29 Å². The summed E-state index contributed by atoms with van der Waals surface area (Å²) in [6.07, 6.45) is 0.787. The van der Waals surface area contributed by atoms with E-state index in [0.717, 1.165) is 6.29 Å². The molecule has 0 aromatic carbocycles. The van der Waals surface area contributed by atoms with Crippen molar-refractivity contribution in [3.8, 4) is 0 Å². The number of aldehydes is 1. The van der Waals surface area contributed by atoms with E-state index >= 15 is 0 Å². The summed E-state index contributed by atoms with van der Waals surface area (Å²) >= 11 is 0. The molecule has 0 amide bonds. The zero-order valence-corrected chi connectivity index (χ0v) is 6.14. The Hall–Kier alpha value is -0.790. The van der Waals surface area contributed by atoms with Crippen LogP contribution < -0.4 is 5.73 Å². The lowest BCUT2D eigenvalue weighted by atomic mass is 10.1. The Labute approximate surface area is 55.7 Å². The quantitative estimate of drug-likeness (QED) is 0.445. The van der Waals surface area contributed by atoms with Crippen LogP contribution in [-0.2, 0) is 4.79 Å². The van der Waals surface area contributed by atoms with Crippen molar-refractivity contribution in [3.63, 3.8) is 0 Å². The molecule has 0 saturated heterocycles. The van der Waals surface area contributed by atoms with Crippen LogP contribution in [0.25, 0.3) is 0 Å². The van der Waals surface area contributed by atoms with Gasteiger partial charge >= 0.3 is 0 Å². The summed E-state index contributed by atoms with van der Waals surface area (Å²) in [6.45, 7) is 5.65. The van der Waals surface area contributed by atoms with Gasteiger partial charge in [0.15, 0.2) is 0 Å². The first-order chi connectivity index (χ1) is 4.09. The molecule has 52 valence electrons. The number of hydrogen-bond donors (Lipinski definition) is 1. The number of hydrogen-bond acceptors (Lipinski definition) is 2. The van der Waals surface area contributed by atoms with Gasteiger partial charge in [-0.3, -0.25) is 4.79 Å². The van der Waals surface area contributed by atoms with Crippen molar-refractivity contribution in [1.29, 1.82) is 0 Å². The van der Waals surface area contributed by atoms with Gasteiger partial charge in [0.2, 0.25) is 0 Å². The fraction of sp³-hybridized carbons (Fsp3) is 0.571. The number of nitrogens with two attached hydrogens (primary N) is 1. The van der Waals surface area contributed by atoms with Crippen molar-refractivity contribution in [3.05, 3.63) is 11.3 Å². The molecule has 9 heavy (non-hydrogen) atoms. The maximum absolute atomic E-state index is 10.1. The Morgan fingerprint density at radius 1 is 1.56 bits per heavy atom. The third kappa shape index (κ3) is 2.31. The maximum Gasteiger partial charge on any atom is 0.147 e. The second-order valence-electron chi connectivity index (χ2n) is 2.41. The summed E-state index contributed by atoms with van der Waals surface area (Å²) in [5.41, 5.74) is 6.85. The molecule has 0 unspecified atom stereocenters. The summed E-state index contributed by atoms with van der Waals surface area (Å²) in [7, 11) is 0. The largest absolute Gasteiger partial charge is 0.402 e. The van der Waals surface area contributed by atoms with E-state index in [9.17, 15) is 4.79 Å². The second kappa shape index (κ2) is 3.28. The number of allylic oxidation sites excluding steroid dienone is 2. The predicted octanol–water partition coefficient (Wildman–Crippen LogP) is 1.07. The van der Waals surface area contributed by atoms with Crippen molar-refractivity contribution in [2.24, 2.45) is 11.7 Å². The van der Waals surface area contributed by atoms with Crippen molar-refractivity contribution < 1.29 is 4.79 Å². The molecule has 0 saturated carbocycles. The van der Waals surface area contributed by atoms with Gasteiger partial charge in [-0.25, -0.2) is 0 Å². The molecule has 0 aromatic rings. The van der Waals surface area contributed by atoms with E-state index in [0.29, 0.717) is 11.3 Å². The molecular formula is C7H13NO. The van der Waals surface area contributed by atoms with Crippen LogP contribution >= 0.6 is 0 Å². The Kier molecular flexibility index (Phi) is 2.99. The molecule has 0 spiro atoms. The minimum absolute atomic E-state index is 0.273. The van der Waals surface area contributed by atoms with Crippen LogP contribution in [0.3, 0.4) is 0 Å². The molecule has 0 bridgehead atoms. The average Bonchev–Trinajstić information content (AvgIpc) is 1.84. The van der Waals surface area contributed by atoms with Crippen LogP contribution in [0.15, 0.2) is 11.3 Å². The number of carbonyl (C=O) groups excluding carboxylic acids is 1. The molecule has 0 radical (unpaired) electrons. The lowest BCUT2D eigenvalue weighted by Gasteiger charge is -2.04. The van der Waals surface area contributed by atoms with Crippen molar-refractivity contribution in [2.75, 3.05) is 0 Å². The highest BCUT2D eigenvalue weighted by atomic mass is 16.1. The van der Waals surface area contributed by atoms with Crippen molar-refractivity contribution >= 4 is 6.29 Å². The van der Waals surface area contributed by atoms with Gasteiger partial charge in [0, 0.05) is 11.3 Å². The molecule has 0 aliphatic heterocycles. The molecule has 2 nitrogen and oxygen atoms in total. The lowest BCUT2D eigenvalue weighted by Crippen LogP contribution is -2.08. The van der Waals surface area contributed by atoms with Crippen molar-refractivity contribution in [1.82, 2.24) is 0 Å². The first-order valence-electron chi connectivity index (χ1n) is 3.01. The van der Waals surface area contributed by atoms with E-state index in [-0.39, 0.29) is 5.92 Å². The average molecular weight is 127 g/mol. The first-order valence-corrected chi connectivity index (χ1v) is 3.01. The molecule has 0 aromatic heterocycles. The Bertz CT molecular complexity index is 136. The molecule has 0 aliphatic carbocycles. The Balaban J connectivity index is 4.27. The van der Waals surface area contributed by atoms with Crippen LogP contribution in [0.2, 0.25) is 0 Å². The van der Waals surface area contributed by atoms with E-state index < -0.39 is 0 Å². The minimum Gasteiger partial charge on any atom is -0.402 e. The molecule has 0 heterocycles. The third-order valence-corrected chi connectivity index (χ3v) is 1.25. The van der Waals surface area contributed by atoms with Gasteiger partial charge in [0.1, 0.15) is 6.29 Å². The Morgan fingerprint density at radius 2 is 2.00 bits per heavy atom. The summed E-state index contributed by atoms with van der Waals surface area (Å²) in [6, 6.07) is 0. The number of rotatable bonds is 2. The standard InChI is InChI=1S/C7H13NO/c1-5(2)7(8)6(3)4-9/h4-5H,8H2,1-3H3/b7-6+. The highest BCUT2D eigenvalue weighted by molar-refractivity contribution is 5.73. The van der Waals surface area contributed by atoms with Gasteiger partial charge in [-0.2, -0.15) is 0 Å². The summed E-state index contributed by atoms with van der Waals surface area (Å²) in [4.78, 5) is 10.1. The lowest BCUT2D eigenvalue weighted by molar-refractivity contribution is -0.104. The Morgan fingerprint density at radius 3 is 2.11 bits per heavy atom. The molecule has 0 rings (SSSR count). The van der Waals surface area contributed by atoms with Crippen LogP contribution in [0.5, 0.6) is 0 Å². The zero-order valence-electron chi connectivity index (χ0n) is 6.14. The van der Waals surface area contributed by atoms with Gasteiger partial charge in [0.25, 0.3) is 0 Å². The highest BCUT2D eigenvalue weighted by Crippen LogP contribution is 2.05. The molecule has 0 atom stereocenters. The first kappa shape index (κ1) is 8.21. The van der Waals surface area contributed by atoms with Crippen molar-refractivity contribution in [2.45, 2.75) is 20.8 Å². The molecule has 2 heteroatoms. The van der Waals surface area contributed by atoms with E-state index in [2.05, 4.69) is 0 Å². The second-order valence-corrected chi connectivity index (χ2v) is 2.41. The van der Waals surface area contributed by atoms with Gasteiger partial charge in [-0.15, -0.1) is 0 Å². The van der Waals surface area contributed by atoms with Gasteiger partial charge in [-0.05, 0) is 12.8 Å². The van der Waals surface area contributed by atoms with E-state index in [1.54, 1.807) is 6.92 Å². The van der Waals surface area contributed by atoms with Gasteiger partial charge in [-0.1, -0.05) is 13.8 Å². The van der Waals surface area contributed by atoms with Gasteiger partial charge in [0.05, 0.1) is 0 Å². The normalized spacial score (nSPS) is 13.3. The molecule has 2 N–H and O–H groups in total. The molecule has 0 aliphatic rings. The fourth-order valence-corrected chi connectivity index (χ4v) is 0.523. The monoisotopic (exact) mass is 127 g/mol. The maximum atomic E-state index is 10.1. The zero-order chi connectivity index (χ0) is 7.44. The van der Waals surface area contributed by atoms with Gasteiger partial charge < -0.3 is 5.73 Å². The topological polar surface area (TPSA) is 43.1 Å². The minimum atomic E-state index is 0.273. The SMILES string of the molecule is C/C(C=O)=C(\N)C(C)C. The van der Waals surface area contributed by atoms with Crippen LogP contribution in [0, 0.1) is 5.92 Å². The summed E-state index contributed by atoms with van der Waals surface area (Å²) in [5, 5.41) is 0. The predicted molar refractivity (Wildman–Crippen MR) is 37.8 cm³/mol. The summed E-state index contributed by atoms with van der Waals surface area (Å²) < 4.78 is 0. The van der Waals surface area contributed by atoms with E-state index in [4.69, 9.17) is 5.73 Å². The fourth-order valence-electron chi connectivity index (χ4n) is 0.523. The number of carbonyl (C=O) groups is 1. The van der Waals surface area contributed by atoms with Crippen LogP contribution in [0.1, 0.15) is 20.8 Å². The summed E-state index contributed by atoms with van der Waals surface area (Å²) in [5.74, 6) is 0.273. The van der Waals surface area contributed by atoms with E-state index in [1.165, 1.54) is 0 Å². The molecule has 0 fully saturated rings. The van der Waals surface area contributed by atoms with E-state index in [1.807, 2.05) is 13.8 Å². The van der Waals surface area contributed by atoms with Crippen LogP contribution in [0.4, 0.5) is 0 Å². The highest BCUT2D eigenvalue weighted by Gasteiger charge is 1.99.